The molecule has 3 N–H and O–H groups in total. The Balaban J connectivity index is 2.43. The van der Waals surface area contributed by atoms with Gasteiger partial charge in [-0.25, -0.2) is 14.8 Å². The van der Waals surface area contributed by atoms with E-state index in [-0.39, 0.29) is 16.9 Å². The van der Waals surface area contributed by atoms with Crippen LogP contribution < -0.4 is 10.5 Å². The van der Waals surface area contributed by atoms with Crippen molar-refractivity contribution in [1.82, 2.24) is 14.5 Å². The quantitative estimate of drug-likeness (QED) is 0.879. The van der Waals surface area contributed by atoms with E-state index in [1.807, 2.05) is 11.5 Å². The smallest absolute Gasteiger partial charge is 0.342 e. The van der Waals surface area contributed by atoms with Crippen molar-refractivity contribution in [3.8, 4) is 5.88 Å². The lowest BCUT2D eigenvalue weighted by molar-refractivity contribution is 0.0693. The number of rotatable bonds is 4. The Morgan fingerprint density at radius 2 is 2.25 bits per heavy atom. The molecule has 2 aromatic rings. The van der Waals surface area contributed by atoms with E-state index < -0.39 is 5.97 Å². The van der Waals surface area contributed by atoms with Crippen LogP contribution in [0.25, 0.3) is 11.0 Å². The largest absolute Gasteiger partial charge is 0.478 e. The Bertz CT molecular complexity index is 703. The molecule has 0 aliphatic heterocycles. The van der Waals surface area contributed by atoms with Crippen LogP contribution in [0.5, 0.6) is 5.88 Å². The number of aromatic carboxylic acids is 1. The number of nitrogens with zero attached hydrogens (tertiary/aromatic N) is 3. The maximum absolute atomic E-state index is 11.6. The Hall–Kier alpha value is -2.31. The third-order valence-electron chi connectivity index (χ3n) is 3.74. The second kappa shape index (κ2) is 4.09. The van der Waals surface area contributed by atoms with Crippen LogP contribution >= 0.6 is 0 Å². The Morgan fingerprint density at radius 1 is 1.55 bits per heavy atom. The molecule has 0 atom stereocenters. The Labute approximate surface area is 115 Å². The van der Waals surface area contributed by atoms with Gasteiger partial charge in [-0.3, -0.25) is 4.57 Å². The summed E-state index contributed by atoms with van der Waals surface area (Å²) in [7, 11) is 0. The van der Waals surface area contributed by atoms with Crippen LogP contribution in [0.2, 0.25) is 0 Å². The van der Waals surface area contributed by atoms with Crippen molar-refractivity contribution in [2.45, 2.75) is 32.2 Å². The van der Waals surface area contributed by atoms with Crippen LogP contribution in [-0.2, 0) is 5.54 Å². The molecule has 0 spiro atoms. The third-order valence-corrected chi connectivity index (χ3v) is 3.74. The highest BCUT2D eigenvalue weighted by molar-refractivity contribution is 6.09. The highest BCUT2D eigenvalue weighted by Gasteiger charge is 2.44. The zero-order valence-corrected chi connectivity index (χ0v) is 11.4. The normalized spacial score (nSPS) is 16.3. The average Bonchev–Trinajstić information content (AvgIpc) is 3.01. The van der Waals surface area contributed by atoms with E-state index in [4.69, 9.17) is 10.5 Å². The standard InChI is InChI=1S/C13H16N4O3/c1-3-20-11-8(12(18)19)7-9(14)15-6-16-10(7)17(11)13(2)4-5-13/h6H,3-5H2,1-2H3,(H,18,19)(H2,14,15,16). The van der Waals surface area contributed by atoms with Crippen molar-refractivity contribution in [3.63, 3.8) is 0 Å². The predicted octanol–water partition coefficient (Wildman–Crippen LogP) is 1.62. The lowest BCUT2D eigenvalue weighted by Crippen LogP contribution is -2.15. The SMILES string of the molecule is CCOc1c(C(=O)O)c2c(N)ncnc2n1C1(C)CC1. The molecule has 0 saturated heterocycles. The molecule has 7 nitrogen and oxygen atoms in total. The molecule has 106 valence electrons. The molecular weight excluding hydrogens is 260 g/mol. The highest BCUT2D eigenvalue weighted by atomic mass is 16.5. The lowest BCUT2D eigenvalue weighted by atomic mass is 10.2. The van der Waals surface area contributed by atoms with Crippen LogP contribution in [0.1, 0.15) is 37.0 Å². The minimum absolute atomic E-state index is 0.0491. The number of hydrogen-bond donors (Lipinski definition) is 2. The number of carboxylic acid groups (broad SMARTS) is 1. The minimum Gasteiger partial charge on any atom is -0.478 e. The van der Waals surface area contributed by atoms with Crippen LogP contribution in [0.15, 0.2) is 6.33 Å². The molecule has 2 aromatic heterocycles. The highest BCUT2D eigenvalue weighted by Crippen LogP contribution is 2.49. The minimum atomic E-state index is -1.08. The van der Waals surface area contributed by atoms with Gasteiger partial charge in [-0.2, -0.15) is 0 Å². The molecule has 1 saturated carbocycles. The molecule has 2 heterocycles. The van der Waals surface area contributed by atoms with Gasteiger partial charge in [0.05, 0.1) is 12.0 Å². The van der Waals surface area contributed by atoms with E-state index in [0.29, 0.717) is 23.5 Å². The molecule has 0 amide bonds. The maximum Gasteiger partial charge on any atom is 0.342 e. The second-order valence-corrected chi connectivity index (χ2v) is 5.21. The van der Waals surface area contributed by atoms with Crippen LogP contribution in [0, 0.1) is 0 Å². The van der Waals surface area contributed by atoms with Crippen molar-refractivity contribution in [3.05, 3.63) is 11.9 Å². The summed E-state index contributed by atoms with van der Waals surface area (Å²) >= 11 is 0. The summed E-state index contributed by atoms with van der Waals surface area (Å²) in [6, 6.07) is 0. The fourth-order valence-corrected chi connectivity index (χ4v) is 2.49. The zero-order valence-electron chi connectivity index (χ0n) is 11.4. The molecule has 20 heavy (non-hydrogen) atoms. The summed E-state index contributed by atoms with van der Waals surface area (Å²) in [5.41, 5.74) is 6.27. The first-order valence-corrected chi connectivity index (χ1v) is 6.51. The van der Waals surface area contributed by atoms with Gasteiger partial charge in [0.15, 0.2) is 0 Å². The summed E-state index contributed by atoms with van der Waals surface area (Å²) in [6.45, 7) is 4.25. The number of hydrogen-bond acceptors (Lipinski definition) is 5. The molecular formula is C13H16N4O3. The second-order valence-electron chi connectivity index (χ2n) is 5.21. The maximum atomic E-state index is 11.6. The summed E-state index contributed by atoms with van der Waals surface area (Å²) < 4.78 is 7.45. The molecule has 0 aromatic carbocycles. The van der Waals surface area contributed by atoms with E-state index in [1.165, 1.54) is 6.33 Å². The lowest BCUT2D eigenvalue weighted by Gasteiger charge is -2.16. The van der Waals surface area contributed by atoms with Gasteiger partial charge in [-0.1, -0.05) is 0 Å². The summed E-state index contributed by atoms with van der Waals surface area (Å²) in [4.78, 5) is 19.7. The Morgan fingerprint density at radius 3 is 2.80 bits per heavy atom. The number of nitrogens with two attached hydrogens (primary N) is 1. The summed E-state index contributed by atoms with van der Waals surface area (Å²) in [5, 5.41) is 9.87. The molecule has 0 radical (unpaired) electrons. The van der Waals surface area contributed by atoms with E-state index in [2.05, 4.69) is 16.9 Å². The van der Waals surface area contributed by atoms with Gasteiger partial charge < -0.3 is 15.6 Å². The van der Waals surface area contributed by atoms with Gasteiger partial charge >= 0.3 is 5.97 Å². The van der Waals surface area contributed by atoms with Crippen molar-refractivity contribution < 1.29 is 14.6 Å². The van der Waals surface area contributed by atoms with E-state index in [9.17, 15) is 9.90 Å². The molecule has 0 bridgehead atoms. The monoisotopic (exact) mass is 276 g/mol. The number of nitrogen functional groups attached to an aromatic ring is 1. The van der Waals surface area contributed by atoms with E-state index >= 15 is 0 Å². The van der Waals surface area contributed by atoms with Gasteiger partial charge in [0.25, 0.3) is 0 Å². The van der Waals surface area contributed by atoms with E-state index in [0.717, 1.165) is 12.8 Å². The zero-order chi connectivity index (χ0) is 14.5. The Kier molecular flexibility index (Phi) is 2.60. The number of aromatic nitrogens is 3. The first-order chi connectivity index (χ1) is 9.49. The number of carboxylic acids is 1. The van der Waals surface area contributed by atoms with Crippen molar-refractivity contribution in [2.75, 3.05) is 12.3 Å². The number of carbonyl (C=O) groups is 1. The first-order valence-electron chi connectivity index (χ1n) is 6.51. The van der Waals surface area contributed by atoms with Gasteiger partial charge in [0.1, 0.15) is 23.4 Å². The fourth-order valence-electron chi connectivity index (χ4n) is 2.49. The molecule has 0 unspecified atom stereocenters. The van der Waals surface area contributed by atoms with Crippen LogP contribution in [0.3, 0.4) is 0 Å². The number of fused-ring (bicyclic) bond motifs is 1. The topological polar surface area (TPSA) is 103 Å². The number of ether oxygens (including phenoxy) is 1. The molecule has 1 aliphatic rings. The molecule has 3 rings (SSSR count). The molecule has 1 fully saturated rings. The summed E-state index contributed by atoms with van der Waals surface area (Å²) in [5.74, 6) is -0.596. The molecule has 7 heteroatoms. The van der Waals surface area contributed by atoms with Crippen molar-refractivity contribution in [2.24, 2.45) is 0 Å². The van der Waals surface area contributed by atoms with Gasteiger partial charge in [-0.05, 0) is 26.7 Å². The third kappa shape index (κ3) is 1.62. The first kappa shape index (κ1) is 12.7. The predicted molar refractivity (Wildman–Crippen MR) is 73.0 cm³/mol. The van der Waals surface area contributed by atoms with Crippen molar-refractivity contribution >= 4 is 22.8 Å². The van der Waals surface area contributed by atoms with Crippen LogP contribution in [0.4, 0.5) is 5.82 Å². The average molecular weight is 276 g/mol. The van der Waals surface area contributed by atoms with Gasteiger partial charge in [-0.15, -0.1) is 0 Å². The van der Waals surface area contributed by atoms with Gasteiger partial charge in [0.2, 0.25) is 5.88 Å². The summed E-state index contributed by atoms with van der Waals surface area (Å²) in [6.07, 6.45) is 3.26. The number of anilines is 1. The van der Waals surface area contributed by atoms with E-state index in [1.54, 1.807) is 0 Å². The van der Waals surface area contributed by atoms with Crippen molar-refractivity contribution in [1.29, 1.82) is 0 Å². The fraction of sp³-hybridized carbons (Fsp3) is 0.462. The van der Waals surface area contributed by atoms with Crippen LogP contribution in [-0.4, -0.2) is 32.2 Å². The molecule has 1 aliphatic carbocycles. The van der Waals surface area contributed by atoms with Gasteiger partial charge in [0, 0.05) is 5.54 Å².